The molecule has 0 amide bonds. The van der Waals surface area contributed by atoms with Crippen molar-refractivity contribution in [1.82, 2.24) is 5.32 Å². The molecule has 0 heterocycles. The zero-order valence-corrected chi connectivity index (χ0v) is 20.5. The number of ether oxygens (including phenoxy) is 1. The average molecular weight is 480 g/mol. The lowest BCUT2D eigenvalue weighted by Gasteiger charge is -2.63. The Morgan fingerprint density at radius 2 is 1.94 bits per heavy atom. The van der Waals surface area contributed by atoms with E-state index in [1.54, 1.807) is 27.8 Å². The number of ketones is 2. The largest absolute Gasteiger partial charge is 0.450 e. The van der Waals surface area contributed by atoms with Crippen molar-refractivity contribution in [3.63, 3.8) is 0 Å². The van der Waals surface area contributed by atoms with Crippen molar-refractivity contribution in [2.75, 3.05) is 13.6 Å². The van der Waals surface area contributed by atoms with Gasteiger partial charge in [0.2, 0.25) is 0 Å². The molecule has 6 nitrogen and oxygen atoms in total. The van der Waals surface area contributed by atoms with E-state index in [0.717, 1.165) is 6.08 Å². The van der Waals surface area contributed by atoms with E-state index in [1.807, 2.05) is 6.92 Å². The number of hydrogen-bond donors (Lipinski definition) is 2. The second-order valence-electron chi connectivity index (χ2n) is 11.0. The maximum Gasteiger partial charge on any atom is 0.306 e. The average Bonchev–Trinajstić information content (AvgIpc) is 2.99. The Bertz CT molecular complexity index is 980. The number of esters is 1. The van der Waals surface area contributed by atoms with Crippen LogP contribution in [-0.2, 0) is 19.1 Å². The van der Waals surface area contributed by atoms with Crippen molar-refractivity contribution < 1.29 is 33.0 Å². The van der Waals surface area contributed by atoms with Crippen molar-refractivity contribution in [2.24, 2.45) is 28.6 Å². The number of rotatable bonds is 5. The van der Waals surface area contributed by atoms with E-state index in [9.17, 15) is 19.5 Å². The second-order valence-corrected chi connectivity index (χ2v) is 11.0. The Labute approximate surface area is 199 Å². The fourth-order valence-electron chi connectivity index (χ4n) is 7.94. The van der Waals surface area contributed by atoms with E-state index in [2.05, 4.69) is 5.32 Å². The number of aliphatic hydroxyl groups excluding tert-OH is 1. The lowest BCUT2D eigenvalue weighted by molar-refractivity contribution is -0.230. The van der Waals surface area contributed by atoms with Crippen LogP contribution < -0.4 is 5.32 Å². The van der Waals surface area contributed by atoms with E-state index < -0.39 is 63.9 Å². The summed E-state index contributed by atoms with van der Waals surface area (Å²) >= 11 is 0. The predicted octanol–water partition coefficient (Wildman–Crippen LogP) is 3.03. The topological polar surface area (TPSA) is 92.7 Å². The van der Waals surface area contributed by atoms with Crippen LogP contribution in [0.1, 0.15) is 53.4 Å². The lowest BCUT2D eigenvalue weighted by Crippen LogP contribution is -2.71. The zero-order chi connectivity index (χ0) is 25.3. The molecule has 0 aliphatic heterocycles. The molecule has 4 rings (SSSR count). The van der Waals surface area contributed by atoms with Gasteiger partial charge in [0.25, 0.3) is 0 Å². The first-order valence-corrected chi connectivity index (χ1v) is 12.2. The third-order valence-electron chi connectivity index (χ3n) is 9.48. The van der Waals surface area contributed by atoms with Crippen molar-refractivity contribution in [2.45, 2.75) is 76.9 Å². The second kappa shape index (κ2) is 8.05. The van der Waals surface area contributed by atoms with Gasteiger partial charge in [-0.1, -0.05) is 26.8 Å². The minimum Gasteiger partial charge on any atom is -0.450 e. The molecular weight excluding hydrogens is 444 g/mol. The molecule has 4 aliphatic carbocycles. The molecule has 188 valence electrons. The van der Waals surface area contributed by atoms with Gasteiger partial charge in [0.05, 0.1) is 12.6 Å². The fraction of sp³-hybridized carbons (Fsp3) is 0.731. The number of likely N-dealkylation sites (N-methyl/N-ethyl adjacent to an activating group) is 1. The normalized spacial score (nSPS) is 47.4. The van der Waals surface area contributed by atoms with Gasteiger partial charge < -0.3 is 15.2 Å². The van der Waals surface area contributed by atoms with Gasteiger partial charge in [0, 0.05) is 29.1 Å². The number of alkyl halides is 2. The standard InChI is InChI=1S/C26H35F2NO5/c1-6-22(33)34-26(21(32)13-29-5)14(2)9-16-17-11-19(27)18-10-15(30)7-8-23(18,3)25(17,28)20(31)12-24(16,26)4/h7-8,10,14,16-17,19-20,29,31H,6,9,11-13H2,1-5H3/t14-,16-,17-,19-,20-,23-,24-,25-,26-/m0/s1. The Morgan fingerprint density at radius 3 is 2.56 bits per heavy atom. The van der Waals surface area contributed by atoms with Crippen LogP contribution in [-0.4, -0.2) is 59.8 Å². The quantitative estimate of drug-likeness (QED) is 0.589. The Kier molecular flexibility index (Phi) is 5.96. The molecule has 2 N–H and O–H groups in total. The fourth-order valence-corrected chi connectivity index (χ4v) is 7.94. The van der Waals surface area contributed by atoms with Crippen LogP contribution in [0.25, 0.3) is 0 Å². The number of carbonyl (C=O) groups is 3. The van der Waals surface area contributed by atoms with Crippen LogP contribution in [0, 0.1) is 28.6 Å². The minimum atomic E-state index is -2.24. The van der Waals surface area contributed by atoms with E-state index >= 15 is 8.78 Å². The number of allylic oxidation sites excluding steroid dienone is 4. The highest BCUT2D eigenvalue weighted by molar-refractivity contribution is 6.01. The van der Waals surface area contributed by atoms with Gasteiger partial charge >= 0.3 is 5.97 Å². The van der Waals surface area contributed by atoms with Gasteiger partial charge in [-0.3, -0.25) is 14.4 Å². The van der Waals surface area contributed by atoms with Crippen molar-refractivity contribution in [3.8, 4) is 0 Å². The number of fused-ring (bicyclic) bond motifs is 5. The van der Waals surface area contributed by atoms with Crippen molar-refractivity contribution >= 4 is 17.5 Å². The molecule has 34 heavy (non-hydrogen) atoms. The van der Waals surface area contributed by atoms with E-state index in [0.29, 0.717) is 6.42 Å². The summed E-state index contributed by atoms with van der Waals surface area (Å²) in [4.78, 5) is 38.1. The molecule has 4 aliphatic rings. The summed E-state index contributed by atoms with van der Waals surface area (Å²) in [5.41, 5.74) is -6.32. The first-order chi connectivity index (χ1) is 15.8. The maximum atomic E-state index is 17.3. The molecule has 0 aromatic rings. The highest BCUT2D eigenvalue weighted by Gasteiger charge is 2.77. The molecule has 9 atom stereocenters. The van der Waals surface area contributed by atoms with Crippen LogP contribution >= 0.6 is 0 Å². The minimum absolute atomic E-state index is 0.0492. The summed E-state index contributed by atoms with van der Waals surface area (Å²) in [5.74, 6) is -3.14. The van der Waals surface area contributed by atoms with Gasteiger partial charge in [-0.25, -0.2) is 8.78 Å². The number of aliphatic hydroxyl groups is 1. The SMILES string of the molecule is CCC(=O)O[C@]1(C(=O)CNC)[C@@H](C)C[C@H]2[C@@H]3C[C@H](F)C4=CC(=O)C=C[C@]4(C)[C@@]3(F)[C@@H](O)C[C@@]21C. The maximum absolute atomic E-state index is 17.3. The Balaban J connectivity index is 1.87. The van der Waals surface area contributed by atoms with Crippen LogP contribution in [0.5, 0.6) is 0 Å². The Hall–Kier alpha value is -1.93. The molecule has 0 spiro atoms. The number of carbonyl (C=O) groups excluding carboxylic acids is 3. The highest BCUT2D eigenvalue weighted by Crippen LogP contribution is 2.71. The van der Waals surface area contributed by atoms with Gasteiger partial charge in [-0.05, 0) is 56.9 Å². The molecule has 8 heteroatoms. The number of halogens is 2. The summed E-state index contributed by atoms with van der Waals surface area (Å²) in [6.07, 6.45) is 0.776. The summed E-state index contributed by atoms with van der Waals surface area (Å²) < 4.78 is 38.8. The molecule has 3 fully saturated rings. The zero-order valence-electron chi connectivity index (χ0n) is 20.5. The first kappa shape index (κ1) is 25.2. The molecular formula is C26H35F2NO5. The smallest absolute Gasteiger partial charge is 0.306 e. The van der Waals surface area contributed by atoms with Crippen molar-refractivity contribution in [1.29, 1.82) is 0 Å². The van der Waals surface area contributed by atoms with Crippen LogP contribution in [0.2, 0.25) is 0 Å². The first-order valence-electron chi connectivity index (χ1n) is 12.2. The molecule has 0 aromatic carbocycles. The third-order valence-corrected chi connectivity index (χ3v) is 9.48. The molecule has 3 saturated carbocycles. The summed E-state index contributed by atoms with van der Waals surface area (Å²) in [5, 5.41) is 14.3. The lowest BCUT2D eigenvalue weighted by atomic mass is 9.44. The summed E-state index contributed by atoms with van der Waals surface area (Å²) in [6.45, 7) is 6.73. The van der Waals surface area contributed by atoms with Crippen LogP contribution in [0.15, 0.2) is 23.8 Å². The molecule has 0 saturated heterocycles. The van der Waals surface area contributed by atoms with E-state index in [-0.39, 0.29) is 37.2 Å². The number of hydrogen-bond acceptors (Lipinski definition) is 6. The molecule has 0 aromatic heterocycles. The predicted molar refractivity (Wildman–Crippen MR) is 121 cm³/mol. The molecule has 0 unspecified atom stereocenters. The van der Waals surface area contributed by atoms with Crippen molar-refractivity contribution in [3.05, 3.63) is 23.8 Å². The van der Waals surface area contributed by atoms with Gasteiger partial charge in [0.15, 0.2) is 22.8 Å². The monoisotopic (exact) mass is 479 g/mol. The van der Waals surface area contributed by atoms with Crippen LogP contribution in [0.3, 0.4) is 0 Å². The summed E-state index contributed by atoms with van der Waals surface area (Å²) in [7, 11) is 1.62. The number of nitrogens with one attached hydrogen (secondary N) is 1. The van der Waals surface area contributed by atoms with Crippen LogP contribution in [0.4, 0.5) is 8.78 Å². The van der Waals surface area contributed by atoms with Gasteiger partial charge in [-0.2, -0.15) is 0 Å². The number of Topliss-reactive ketones (excluding diaryl/α,β-unsaturated/α-hetero) is 1. The van der Waals surface area contributed by atoms with Gasteiger partial charge in [-0.15, -0.1) is 0 Å². The summed E-state index contributed by atoms with van der Waals surface area (Å²) in [6, 6.07) is 0. The molecule has 0 bridgehead atoms. The third kappa shape index (κ3) is 2.93. The Morgan fingerprint density at radius 1 is 1.26 bits per heavy atom. The highest BCUT2D eigenvalue weighted by atomic mass is 19.1. The molecule has 0 radical (unpaired) electrons. The van der Waals surface area contributed by atoms with Gasteiger partial charge in [0.1, 0.15) is 6.17 Å². The van der Waals surface area contributed by atoms with E-state index in [4.69, 9.17) is 4.74 Å². The van der Waals surface area contributed by atoms with E-state index in [1.165, 1.54) is 12.2 Å².